The molecule has 1 aromatic carbocycles. The Labute approximate surface area is 116 Å². The van der Waals surface area contributed by atoms with E-state index in [-0.39, 0.29) is 0 Å². The molecule has 0 radical (unpaired) electrons. The quantitative estimate of drug-likeness (QED) is 0.797. The molecule has 0 amide bonds. The minimum Gasteiger partial charge on any atom is -0.397 e. The number of hydrogen-bond donors (Lipinski definition) is 1. The molecule has 0 saturated carbocycles. The first-order valence-electron chi connectivity index (χ1n) is 7.09. The van der Waals surface area contributed by atoms with Crippen molar-refractivity contribution in [2.45, 2.75) is 46.5 Å². The van der Waals surface area contributed by atoms with Crippen molar-refractivity contribution < 1.29 is 0 Å². The standard InChI is InChI=1S/C17H24N2/c1-5-6-13(3)16-10-8-14(4)19(16)17-9-7-12(2)11-15(17)18/h7-11,13H,5-6,18H2,1-4H3. The van der Waals surface area contributed by atoms with E-state index in [0.717, 1.165) is 11.4 Å². The van der Waals surface area contributed by atoms with Gasteiger partial charge in [0.15, 0.2) is 0 Å². The van der Waals surface area contributed by atoms with Crippen LogP contribution in [0, 0.1) is 13.8 Å². The Bertz CT molecular complexity index is 567. The molecule has 0 spiro atoms. The fourth-order valence-corrected chi connectivity index (χ4v) is 2.73. The van der Waals surface area contributed by atoms with Crippen LogP contribution in [0.1, 0.15) is 49.6 Å². The molecule has 1 atom stereocenters. The van der Waals surface area contributed by atoms with Crippen LogP contribution >= 0.6 is 0 Å². The van der Waals surface area contributed by atoms with Gasteiger partial charge < -0.3 is 10.3 Å². The first-order valence-corrected chi connectivity index (χ1v) is 7.09. The third-order valence-electron chi connectivity index (χ3n) is 3.76. The van der Waals surface area contributed by atoms with Gasteiger partial charge in [0.25, 0.3) is 0 Å². The fraction of sp³-hybridized carbons (Fsp3) is 0.412. The smallest absolute Gasteiger partial charge is 0.0685 e. The molecule has 102 valence electrons. The minimum absolute atomic E-state index is 0.555. The maximum atomic E-state index is 6.20. The van der Waals surface area contributed by atoms with Crippen LogP contribution in [0.15, 0.2) is 30.3 Å². The van der Waals surface area contributed by atoms with E-state index in [0.29, 0.717) is 5.92 Å². The van der Waals surface area contributed by atoms with E-state index < -0.39 is 0 Å². The highest BCUT2D eigenvalue weighted by molar-refractivity contribution is 5.60. The molecule has 0 aliphatic heterocycles. The summed E-state index contributed by atoms with van der Waals surface area (Å²) >= 11 is 0. The van der Waals surface area contributed by atoms with E-state index >= 15 is 0 Å². The van der Waals surface area contributed by atoms with Gasteiger partial charge in [-0.3, -0.25) is 0 Å². The summed E-state index contributed by atoms with van der Waals surface area (Å²) in [5, 5.41) is 0. The lowest BCUT2D eigenvalue weighted by atomic mass is 10.0. The molecule has 19 heavy (non-hydrogen) atoms. The number of aromatic nitrogens is 1. The van der Waals surface area contributed by atoms with E-state index in [1.54, 1.807) is 0 Å². The molecule has 0 saturated heterocycles. The van der Waals surface area contributed by atoms with Crippen LogP contribution in [0.2, 0.25) is 0 Å². The van der Waals surface area contributed by atoms with Crippen molar-refractivity contribution in [2.75, 3.05) is 5.73 Å². The summed E-state index contributed by atoms with van der Waals surface area (Å²) < 4.78 is 2.30. The van der Waals surface area contributed by atoms with Crippen LogP contribution < -0.4 is 5.73 Å². The van der Waals surface area contributed by atoms with Crippen molar-refractivity contribution in [3.63, 3.8) is 0 Å². The monoisotopic (exact) mass is 256 g/mol. The lowest BCUT2D eigenvalue weighted by Crippen LogP contribution is -2.08. The highest BCUT2D eigenvalue weighted by Crippen LogP contribution is 2.29. The maximum absolute atomic E-state index is 6.20. The van der Waals surface area contributed by atoms with Gasteiger partial charge in [0.05, 0.1) is 11.4 Å². The highest BCUT2D eigenvalue weighted by Gasteiger charge is 2.14. The zero-order valence-corrected chi connectivity index (χ0v) is 12.4. The normalized spacial score (nSPS) is 12.6. The number of benzene rings is 1. The van der Waals surface area contributed by atoms with Gasteiger partial charge in [-0.2, -0.15) is 0 Å². The average Bonchev–Trinajstić information content (AvgIpc) is 2.72. The number of anilines is 1. The Morgan fingerprint density at radius 3 is 2.53 bits per heavy atom. The van der Waals surface area contributed by atoms with Crippen LogP contribution in [-0.4, -0.2) is 4.57 Å². The largest absolute Gasteiger partial charge is 0.397 e. The molecule has 1 unspecified atom stereocenters. The first-order chi connectivity index (χ1) is 9.04. The first kappa shape index (κ1) is 13.7. The Balaban J connectivity index is 2.52. The van der Waals surface area contributed by atoms with Crippen LogP contribution in [0.3, 0.4) is 0 Å². The Morgan fingerprint density at radius 2 is 1.89 bits per heavy atom. The van der Waals surface area contributed by atoms with Gasteiger partial charge in [-0.05, 0) is 56.0 Å². The third-order valence-corrected chi connectivity index (χ3v) is 3.76. The van der Waals surface area contributed by atoms with Gasteiger partial charge >= 0.3 is 0 Å². The molecule has 1 aromatic heterocycles. The van der Waals surface area contributed by atoms with E-state index in [1.807, 2.05) is 6.07 Å². The Kier molecular flexibility index (Phi) is 3.98. The van der Waals surface area contributed by atoms with Crippen LogP contribution in [0.25, 0.3) is 5.69 Å². The van der Waals surface area contributed by atoms with Crippen molar-refractivity contribution in [3.05, 3.63) is 47.3 Å². The second kappa shape index (κ2) is 5.52. The van der Waals surface area contributed by atoms with Gasteiger partial charge in [-0.1, -0.05) is 26.3 Å². The lowest BCUT2D eigenvalue weighted by molar-refractivity contribution is 0.633. The van der Waals surface area contributed by atoms with Crippen molar-refractivity contribution >= 4 is 5.69 Å². The van der Waals surface area contributed by atoms with Crippen LogP contribution in [-0.2, 0) is 0 Å². The third kappa shape index (κ3) is 2.67. The summed E-state index contributed by atoms with van der Waals surface area (Å²) in [5.74, 6) is 0.555. The average molecular weight is 256 g/mol. The predicted molar refractivity (Wildman–Crippen MR) is 83.0 cm³/mol. The molecule has 0 aliphatic carbocycles. The summed E-state index contributed by atoms with van der Waals surface area (Å²) in [4.78, 5) is 0. The molecule has 0 fully saturated rings. The highest BCUT2D eigenvalue weighted by atomic mass is 15.0. The number of hydrogen-bond acceptors (Lipinski definition) is 1. The van der Waals surface area contributed by atoms with Crippen molar-refractivity contribution in [1.29, 1.82) is 0 Å². The SMILES string of the molecule is CCCC(C)c1ccc(C)n1-c1ccc(C)cc1N. The molecule has 2 rings (SSSR count). The van der Waals surface area contributed by atoms with Gasteiger partial charge in [0.2, 0.25) is 0 Å². The topological polar surface area (TPSA) is 30.9 Å². The molecule has 2 aromatic rings. The van der Waals surface area contributed by atoms with E-state index in [2.05, 4.69) is 56.5 Å². The summed E-state index contributed by atoms with van der Waals surface area (Å²) in [7, 11) is 0. The molecular weight excluding hydrogens is 232 g/mol. The van der Waals surface area contributed by atoms with Crippen LogP contribution in [0.4, 0.5) is 5.69 Å². The molecule has 2 heteroatoms. The number of nitrogens with two attached hydrogens (primary N) is 1. The molecule has 2 nitrogen and oxygen atoms in total. The zero-order valence-electron chi connectivity index (χ0n) is 12.4. The second-order valence-corrected chi connectivity index (χ2v) is 5.49. The predicted octanol–water partition coefficient (Wildman–Crippen LogP) is 4.58. The molecule has 0 aliphatic rings. The summed E-state index contributed by atoms with van der Waals surface area (Å²) in [6.45, 7) is 8.74. The minimum atomic E-state index is 0.555. The number of rotatable bonds is 4. The Hall–Kier alpha value is -1.70. The number of aryl methyl sites for hydroxylation is 2. The maximum Gasteiger partial charge on any atom is 0.0685 e. The summed E-state index contributed by atoms with van der Waals surface area (Å²) in [6, 6.07) is 10.7. The Morgan fingerprint density at radius 1 is 1.16 bits per heavy atom. The van der Waals surface area contributed by atoms with Crippen molar-refractivity contribution in [3.8, 4) is 5.69 Å². The fourth-order valence-electron chi connectivity index (χ4n) is 2.73. The van der Waals surface area contributed by atoms with Crippen molar-refractivity contribution in [1.82, 2.24) is 4.57 Å². The zero-order chi connectivity index (χ0) is 14.0. The van der Waals surface area contributed by atoms with E-state index in [9.17, 15) is 0 Å². The number of nitrogens with zero attached hydrogens (tertiary/aromatic N) is 1. The van der Waals surface area contributed by atoms with Crippen molar-refractivity contribution in [2.24, 2.45) is 0 Å². The van der Waals surface area contributed by atoms with Crippen LogP contribution in [0.5, 0.6) is 0 Å². The second-order valence-electron chi connectivity index (χ2n) is 5.49. The van der Waals surface area contributed by atoms with Gasteiger partial charge in [0, 0.05) is 11.4 Å². The van der Waals surface area contributed by atoms with E-state index in [4.69, 9.17) is 5.73 Å². The molecule has 1 heterocycles. The van der Waals surface area contributed by atoms with E-state index in [1.165, 1.54) is 29.8 Å². The molecule has 2 N–H and O–H groups in total. The summed E-state index contributed by atoms with van der Waals surface area (Å²) in [5.41, 5.74) is 12.0. The molecular formula is C17H24N2. The van der Waals surface area contributed by atoms with Gasteiger partial charge in [-0.15, -0.1) is 0 Å². The summed E-state index contributed by atoms with van der Waals surface area (Å²) in [6.07, 6.45) is 2.41. The molecule has 0 bridgehead atoms. The lowest BCUT2D eigenvalue weighted by Gasteiger charge is -2.18. The van der Waals surface area contributed by atoms with Gasteiger partial charge in [-0.25, -0.2) is 0 Å². The van der Waals surface area contributed by atoms with Gasteiger partial charge in [0.1, 0.15) is 0 Å². The number of nitrogen functional groups attached to an aromatic ring is 1.